The Kier molecular flexibility index (Phi) is 5.57. The molecule has 0 radical (unpaired) electrons. The van der Waals surface area contributed by atoms with Gasteiger partial charge in [0, 0.05) is 12.1 Å². The summed E-state index contributed by atoms with van der Waals surface area (Å²) in [5.41, 5.74) is 0. The average Bonchev–Trinajstić information content (AvgIpc) is 2.31. The van der Waals surface area contributed by atoms with Crippen LogP contribution in [-0.4, -0.2) is 40.4 Å². The summed E-state index contributed by atoms with van der Waals surface area (Å²) in [4.78, 5) is 0. The molecular weight excluding hydrogens is 276 g/mol. The second kappa shape index (κ2) is 6.31. The maximum Gasteiger partial charge on any atom is 0.211 e. The van der Waals surface area contributed by atoms with Crippen molar-refractivity contribution in [3.63, 3.8) is 0 Å². The Morgan fingerprint density at radius 2 is 1.06 bits per heavy atom. The first-order chi connectivity index (χ1) is 8.28. The molecule has 0 unspecified atom stereocenters. The van der Waals surface area contributed by atoms with Crippen molar-refractivity contribution in [2.24, 2.45) is 0 Å². The van der Waals surface area contributed by atoms with Gasteiger partial charge in [0.25, 0.3) is 0 Å². The minimum absolute atomic E-state index is 0.0580. The maximum atomic E-state index is 11.4. The molecule has 1 aliphatic carbocycles. The van der Waals surface area contributed by atoms with E-state index in [0.29, 0.717) is 25.7 Å². The maximum absolute atomic E-state index is 11.4. The molecular formula is C10H22N2O4S2. The van der Waals surface area contributed by atoms with Crippen molar-refractivity contribution >= 4 is 20.0 Å². The lowest BCUT2D eigenvalue weighted by atomic mass is 9.92. The highest BCUT2D eigenvalue weighted by Gasteiger charge is 2.26. The lowest BCUT2D eigenvalue weighted by Gasteiger charge is -2.29. The highest BCUT2D eigenvalue weighted by atomic mass is 32.2. The fraction of sp³-hybridized carbons (Fsp3) is 1.00. The van der Waals surface area contributed by atoms with Crippen molar-refractivity contribution in [1.82, 2.24) is 9.44 Å². The first-order valence-corrected chi connectivity index (χ1v) is 9.58. The van der Waals surface area contributed by atoms with E-state index in [9.17, 15) is 16.8 Å². The second-order valence-electron chi connectivity index (χ2n) is 4.59. The van der Waals surface area contributed by atoms with Crippen molar-refractivity contribution in [2.75, 3.05) is 11.5 Å². The summed E-state index contributed by atoms with van der Waals surface area (Å²) in [6.45, 7) is 3.20. The highest BCUT2D eigenvalue weighted by molar-refractivity contribution is 7.89. The minimum Gasteiger partial charge on any atom is -0.212 e. The zero-order valence-electron chi connectivity index (χ0n) is 10.8. The molecule has 0 atom stereocenters. The van der Waals surface area contributed by atoms with Crippen LogP contribution >= 0.6 is 0 Å². The molecule has 1 aliphatic rings. The van der Waals surface area contributed by atoms with E-state index in [1.807, 2.05) is 0 Å². The molecule has 6 nitrogen and oxygen atoms in total. The van der Waals surface area contributed by atoms with Gasteiger partial charge in [0.1, 0.15) is 0 Å². The third kappa shape index (κ3) is 5.21. The van der Waals surface area contributed by atoms with Crippen molar-refractivity contribution in [2.45, 2.75) is 51.6 Å². The van der Waals surface area contributed by atoms with Gasteiger partial charge in [-0.25, -0.2) is 26.3 Å². The predicted octanol–water partition coefficient (Wildman–Crippen LogP) is 0.176. The standard InChI is InChI=1S/C10H22N2O4S2/c1-3-17(13,14)11-9-5-7-10(8-6-9)12-18(15,16)4-2/h9-12H,3-8H2,1-2H3. The van der Waals surface area contributed by atoms with Crippen LogP contribution < -0.4 is 9.44 Å². The first-order valence-electron chi connectivity index (χ1n) is 6.28. The molecule has 0 aliphatic heterocycles. The van der Waals surface area contributed by atoms with Crippen LogP contribution in [0.25, 0.3) is 0 Å². The van der Waals surface area contributed by atoms with Crippen molar-refractivity contribution in [3.8, 4) is 0 Å². The van der Waals surface area contributed by atoms with Crippen molar-refractivity contribution in [3.05, 3.63) is 0 Å². The van der Waals surface area contributed by atoms with Crippen LogP contribution in [-0.2, 0) is 20.0 Å². The molecule has 18 heavy (non-hydrogen) atoms. The van der Waals surface area contributed by atoms with E-state index in [1.165, 1.54) is 0 Å². The normalized spacial score (nSPS) is 26.1. The fourth-order valence-corrected chi connectivity index (χ4v) is 3.82. The lowest BCUT2D eigenvalue weighted by Crippen LogP contribution is -2.44. The molecule has 0 bridgehead atoms. The van der Waals surface area contributed by atoms with Gasteiger partial charge in [0.05, 0.1) is 11.5 Å². The van der Waals surface area contributed by atoms with Crippen LogP contribution in [0.15, 0.2) is 0 Å². The van der Waals surface area contributed by atoms with Crippen LogP contribution in [0.4, 0.5) is 0 Å². The molecule has 1 fully saturated rings. The van der Waals surface area contributed by atoms with Crippen LogP contribution in [0, 0.1) is 0 Å². The molecule has 108 valence electrons. The molecule has 0 aromatic carbocycles. The summed E-state index contributed by atoms with van der Waals surface area (Å²) in [7, 11) is -6.33. The summed E-state index contributed by atoms with van der Waals surface area (Å²) in [5.74, 6) is 0.158. The van der Waals surface area contributed by atoms with Gasteiger partial charge in [-0.2, -0.15) is 0 Å². The fourth-order valence-electron chi connectivity index (χ4n) is 2.00. The summed E-state index contributed by atoms with van der Waals surface area (Å²) in [5, 5.41) is 0. The van der Waals surface area contributed by atoms with Gasteiger partial charge in [0.15, 0.2) is 0 Å². The van der Waals surface area contributed by atoms with E-state index in [-0.39, 0.29) is 23.6 Å². The molecule has 0 aromatic rings. The molecule has 1 saturated carbocycles. The van der Waals surface area contributed by atoms with Gasteiger partial charge in [-0.1, -0.05) is 0 Å². The Morgan fingerprint density at radius 3 is 1.28 bits per heavy atom. The van der Waals surface area contributed by atoms with Crippen LogP contribution in [0.1, 0.15) is 39.5 Å². The predicted molar refractivity (Wildman–Crippen MR) is 71.2 cm³/mol. The van der Waals surface area contributed by atoms with E-state index in [2.05, 4.69) is 9.44 Å². The Labute approximate surface area is 110 Å². The highest BCUT2D eigenvalue weighted by Crippen LogP contribution is 2.20. The Morgan fingerprint density at radius 1 is 0.778 bits per heavy atom. The number of hydrogen-bond acceptors (Lipinski definition) is 4. The lowest BCUT2D eigenvalue weighted by molar-refractivity contribution is 0.356. The second-order valence-corrected chi connectivity index (χ2v) is 8.68. The SMILES string of the molecule is CCS(=O)(=O)NC1CCC(NS(=O)(=O)CC)CC1. The Bertz CT molecular complexity index is 406. The molecule has 0 spiro atoms. The quantitative estimate of drug-likeness (QED) is 0.731. The third-order valence-electron chi connectivity index (χ3n) is 3.18. The molecule has 8 heteroatoms. The van der Waals surface area contributed by atoms with Gasteiger partial charge in [-0.15, -0.1) is 0 Å². The van der Waals surface area contributed by atoms with Gasteiger partial charge < -0.3 is 0 Å². The van der Waals surface area contributed by atoms with Crippen LogP contribution in [0.2, 0.25) is 0 Å². The molecule has 1 rings (SSSR count). The van der Waals surface area contributed by atoms with Crippen LogP contribution in [0.3, 0.4) is 0 Å². The molecule has 0 aromatic heterocycles. The summed E-state index contributed by atoms with van der Waals surface area (Å²) >= 11 is 0. The largest absolute Gasteiger partial charge is 0.212 e. The zero-order chi connectivity index (χ0) is 13.8. The topological polar surface area (TPSA) is 92.3 Å². The minimum atomic E-state index is -3.17. The van der Waals surface area contributed by atoms with E-state index in [0.717, 1.165) is 0 Å². The van der Waals surface area contributed by atoms with E-state index >= 15 is 0 Å². The number of sulfonamides is 2. The van der Waals surface area contributed by atoms with Gasteiger partial charge in [0.2, 0.25) is 20.0 Å². The summed E-state index contributed by atoms with van der Waals surface area (Å²) in [6, 6.07) is -0.116. The molecule has 0 amide bonds. The third-order valence-corrected chi connectivity index (χ3v) is 6.08. The number of hydrogen-bond donors (Lipinski definition) is 2. The number of rotatable bonds is 6. The van der Waals surface area contributed by atoms with Gasteiger partial charge >= 0.3 is 0 Å². The molecule has 0 heterocycles. The summed E-state index contributed by atoms with van der Waals surface area (Å²) in [6.07, 6.45) is 2.71. The molecule has 0 saturated heterocycles. The first kappa shape index (κ1) is 15.9. The van der Waals surface area contributed by atoms with Crippen molar-refractivity contribution in [1.29, 1.82) is 0 Å². The smallest absolute Gasteiger partial charge is 0.211 e. The average molecular weight is 298 g/mol. The van der Waals surface area contributed by atoms with E-state index in [4.69, 9.17) is 0 Å². The van der Waals surface area contributed by atoms with E-state index < -0.39 is 20.0 Å². The zero-order valence-corrected chi connectivity index (χ0v) is 12.5. The monoisotopic (exact) mass is 298 g/mol. The van der Waals surface area contributed by atoms with E-state index in [1.54, 1.807) is 13.8 Å². The van der Waals surface area contributed by atoms with Crippen LogP contribution in [0.5, 0.6) is 0 Å². The van der Waals surface area contributed by atoms with Gasteiger partial charge in [-0.3, -0.25) is 0 Å². The Hall–Kier alpha value is -0.180. The molecule has 2 N–H and O–H groups in total. The number of nitrogens with one attached hydrogen (secondary N) is 2. The van der Waals surface area contributed by atoms with Gasteiger partial charge in [-0.05, 0) is 39.5 Å². The Balaban J connectivity index is 2.42. The van der Waals surface area contributed by atoms with Crippen molar-refractivity contribution < 1.29 is 16.8 Å². The summed E-state index contributed by atoms with van der Waals surface area (Å²) < 4.78 is 50.9.